The molecule has 0 bridgehead atoms. The van der Waals surface area contributed by atoms with E-state index in [4.69, 9.17) is 18.7 Å². The van der Waals surface area contributed by atoms with Crippen LogP contribution in [0.3, 0.4) is 0 Å². The van der Waals surface area contributed by atoms with E-state index in [-0.39, 0.29) is 12.2 Å². The minimum atomic E-state index is -0.432. The fourth-order valence-corrected chi connectivity index (χ4v) is 2.26. The van der Waals surface area contributed by atoms with E-state index in [2.05, 4.69) is 0 Å². The third-order valence-corrected chi connectivity index (χ3v) is 3.58. The Morgan fingerprint density at radius 2 is 2.32 bits per heavy atom. The molecule has 1 saturated heterocycles. The minimum Gasteiger partial charge on any atom is -0.465 e. The van der Waals surface area contributed by atoms with Crippen LogP contribution in [0.4, 0.5) is 0 Å². The quantitative estimate of drug-likeness (QED) is 0.597. The smallest absolute Gasteiger partial charge is 0.275 e. The van der Waals surface area contributed by atoms with Crippen molar-refractivity contribution >= 4 is 12.0 Å². The lowest BCUT2D eigenvalue weighted by Gasteiger charge is -2.27. The third kappa shape index (κ3) is 4.43. The number of amides is 1. The Hall–Kier alpha value is -1.63. The molecule has 1 aliphatic heterocycles. The normalized spacial score (nSPS) is 20.7. The van der Waals surface area contributed by atoms with Crippen LogP contribution in [-0.4, -0.2) is 44.1 Å². The largest absolute Gasteiger partial charge is 0.465 e. The van der Waals surface area contributed by atoms with E-state index < -0.39 is 6.10 Å². The first-order chi connectivity index (χ1) is 10.6. The first-order valence-corrected chi connectivity index (χ1v) is 7.46. The van der Waals surface area contributed by atoms with Crippen molar-refractivity contribution in [2.75, 3.05) is 20.8 Å². The molecular weight excluding hydrogens is 286 g/mol. The second-order valence-corrected chi connectivity index (χ2v) is 5.17. The summed E-state index contributed by atoms with van der Waals surface area (Å²) in [5.41, 5.74) is 0.452. The molecule has 1 aliphatic rings. The van der Waals surface area contributed by atoms with Gasteiger partial charge in [0.25, 0.3) is 5.91 Å². The number of ether oxygens (including phenoxy) is 2. The van der Waals surface area contributed by atoms with Gasteiger partial charge in [0, 0.05) is 13.7 Å². The number of hydroxylamine groups is 2. The highest BCUT2D eigenvalue weighted by Crippen LogP contribution is 2.21. The van der Waals surface area contributed by atoms with Crippen LogP contribution in [0.2, 0.25) is 0 Å². The maximum atomic E-state index is 12.5. The highest BCUT2D eigenvalue weighted by molar-refractivity contribution is 5.97. The molecule has 2 rings (SSSR count). The Bertz CT molecular complexity index is 491. The summed E-state index contributed by atoms with van der Waals surface area (Å²) in [6, 6.07) is 3.55. The molecule has 6 nitrogen and oxygen atoms in total. The number of hydrogen-bond donors (Lipinski definition) is 0. The molecule has 1 amide bonds. The van der Waals surface area contributed by atoms with Crippen LogP contribution in [0.25, 0.3) is 6.08 Å². The summed E-state index contributed by atoms with van der Waals surface area (Å²) >= 11 is 0. The van der Waals surface area contributed by atoms with Crippen molar-refractivity contribution in [2.24, 2.45) is 0 Å². The summed E-state index contributed by atoms with van der Waals surface area (Å²) < 4.78 is 16.7. The molecule has 122 valence electrons. The van der Waals surface area contributed by atoms with Gasteiger partial charge in [-0.3, -0.25) is 9.63 Å². The third-order valence-electron chi connectivity index (χ3n) is 3.58. The fourth-order valence-electron chi connectivity index (χ4n) is 2.26. The van der Waals surface area contributed by atoms with Gasteiger partial charge in [0.2, 0.25) is 0 Å². The molecule has 1 fully saturated rings. The first-order valence-electron chi connectivity index (χ1n) is 7.46. The lowest BCUT2D eigenvalue weighted by molar-refractivity contribution is -0.183. The number of furan rings is 1. The number of carbonyl (C=O) groups excluding carboxylic acids is 1. The molecule has 0 saturated carbocycles. The molecular formula is C16H23NO5. The van der Waals surface area contributed by atoms with E-state index in [0.29, 0.717) is 17.9 Å². The summed E-state index contributed by atoms with van der Waals surface area (Å²) in [4.78, 5) is 17.4. The van der Waals surface area contributed by atoms with Crippen molar-refractivity contribution in [1.82, 2.24) is 5.06 Å². The molecule has 0 spiro atoms. The van der Waals surface area contributed by atoms with Crippen molar-refractivity contribution in [3.05, 3.63) is 29.7 Å². The van der Waals surface area contributed by atoms with E-state index in [1.165, 1.54) is 7.11 Å². The maximum absolute atomic E-state index is 12.5. The standard InChI is InChI=1S/C16H23NO5/c1-12(22-15-8-4-5-9-21-15)14(16(18)17(2)19-3)11-13-7-6-10-20-13/h6-7,10-12,15H,4-5,8-9H2,1-3H3/b14-11-. The summed E-state index contributed by atoms with van der Waals surface area (Å²) in [6.07, 6.45) is 5.49. The molecule has 6 heteroatoms. The molecule has 2 unspecified atom stereocenters. The number of nitrogens with zero attached hydrogens (tertiary/aromatic N) is 1. The monoisotopic (exact) mass is 309 g/mol. The van der Waals surface area contributed by atoms with Gasteiger partial charge in [-0.2, -0.15) is 0 Å². The zero-order valence-electron chi connectivity index (χ0n) is 13.3. The van der Waals surface area contributed by atoms with E-state index >= 15 is 0 Å². The van der Waals surface area contributed by atoms with Crippen LogP contribution in [0.15, 0.2) is 28.4 Å². The van der Waals surface area contributed by atoms with Crippen molar-refractivity contribution in [3.8, 4) is 0 Å². The summed E-state index contributed by atoms with van der Waals surface area (Å²) in [6.45, 7) is 2.52. The van der Waals surface area contributed by atoms with E-state index in [1.54, 1.807) is 31.5 Å². The lowest BCUT2D eigenvalue weighted by atomic mass is 10.1. The number of hydrogen-bond acceptors (Lipinski definition) is 5. The van der Waals surface area contributed by atoms with Crippen molar-refractivity contribution < 1.29 is 23.5 Å². The average molecular weight is 309 g/mol. The van der Waals surface area contributed by atoms with Gasteiger partial charge in [-0.15, -0.1) is 0 Å². The predicted molar refractivity (Wildman–Crippen MR) is 80.6 cm³/mol. The Balaban J connectivity index is 2.13. The van der Waals surface area contributed by atoms with Crippen LogP contribution < -0.4 is 0 Å². The molecule has 0 aromatic carbocycles. The van der Waals surface area contributed by atoms with Gasteiger partial charge in [-0.25, -0.2) is 5.06 Å². The van der Waals surface area contributed by atoms with Gasteiger partial charge < -0.3 is 13.9 Å². The van der Waals surface area contributed by atoms with Crippen molar-refractivity contribution in [2.45, 2.75) is 38.6 Å². The van der Waals surface area contributed by atoms with Crippen LogP contribution in [0.5, 0.6) is 0 Å². The summed E-state index contributed by atoms with van der Waals surface area (Å²) in [5.74, 6) is 0.315. The average Bonchev–Trinajstić information content (AvgIpc) is 3.05. The molecule has 22 heavy (non-hydrogen) atoms. The van der Waals surface area contributed by atoms with Crippen molar-refractivity contribution in [3.63, 3.8) is 0 Å². The number of likely N-dealkylation sites (N-methyl/N-ethyl adjacent to an activating group) is 1. The topological polar surface area (TPSA) is 61.1 Å². The van der Waals surface area contributed by atoms with Gasteiger partial charge in [0.05, 0.1) is 25.1 Å². The molecule has 2 heterocycles. The van der Waals surface area contributed by atoms with Crippen molar-refractivity contribution in [1.29, 1.82) is 0 Å². The van der Waals surface area contributed by atoms with Crippen LogP contribution in [-0.2, 0) is 19.1 Å². The van der Waals surface area contributed by atoms with Crippen LogP contribution in [0.1, 0.15) is 31.9 Å². The van der Waals surface area contributed by atoms with Crippen LogP contribution in [0, 0.1) is 0 Å². The Labute approximate surface area is 130 Å². The number of carbonyl (C=O) groups is 1. The van der Waals surface area contributed by atoms with Gasteiger partial charge in [0.15, 0.2) is 6.29 Å². The van der Waals surface area contributed by atoms with Crippen LogP contribution >= 0.6 is 0 Å². The predicted octanol–water partition coefficient (Wildman–Crippen LogP) is 2.61. The molecule has 2 atom stereocenters. The zero-order valence-corrected chi connectivity index (χ0v) is 13.3. The first kappa shape index (κ1) is 16.7. The second-order valence-electron chi connectivity index (χ2n) is 5.17. The molecule has 0 radical (unpaired) electrons. The van der Waals surface area contributed by atoms with Gasteiger partial charge in [-0.05, 0) is 44.4 Å². The van der Waals surface area contributed by atoms with E-state index in [1.807, 2.05) is 6.92 Å². The minimum absolute atomic E-state index is 0.274. The maximum Gasteiger partial charge on any atom is 0.275 e. The Morgan fingerprint density at radius 3 is 2.91 bits per heavy atom. The molecule has 1 aromatic heterocycles. The zero-order chi connectivity index (χ0) is 15.9. The molecule has 0 aliphatic carbocycles. The highest BCUT2D eigenvalue weighted by atomic mass is 16.7. The SMILES string of the molecule is CON(C)C(=O)/C(=C\c1ccco1)C(C)OC1CCCCO1. The second kappa shape index (κ2) is 8.12. The molecule has 0 N–H and O–H groups in total. The summed E-state index contributed by atoms with van der Waals surface area (Å²) in [5, 5.41) is 1.16. The summed E-state index contributed by atoms with van der Waals surface area (Å²) in [7, 11) is 3.00. The lowest BCUT2D eigenvalue weighted by Crippen LogP contribution is -2.34. The van der Waals surface area contributed by atoms with Gasteiger partial charge >= 0.3 is 0 Å². The van der Waals surface area contributed by atoms with Gasteiger partial charge in [0.1, 0.15) is 5.76 Å². The van der Waals surface area contributed by atoms with E-state index in [0.717, 1.165) is 24.3 Å². The Kier molecular flexibility index (Phi) is 6.18. The molecule has 1 aromatic rings. The fraction of sp³-hybridized carbons (Fsp3) is 0.562. The van der Waals surface area contributed by atoms with Gasteiger partial charge in [-0.1, -0.05) is 0 Å². The Morgan fingerprint density at radius 1 is 1.50 bits per heavy atom. The van der Waals surface area contributed by atoms with E-state index in [9.17, 15) is 4.79 Å². The number of rotatable bonds is 6. The highest BCUT2D eigenvalue weighted by Gasteiger charge is 2.25.